The van der Waals surface area contributed by atoms with Crippen LogP contribution < -0.4 is 0 Å². The second kappa shape index (κ2) is 3.88. The van der Waals surface area contributed by atoms with Crippen LogP contribution in [-0.2, 0) is 0 Å². The molecule has 0 radical (unpaired) electrons. The first-order valence-electron chi connectivity index (χ1n) is 8.29. The van der Waals surface area contributed by atoms with Crippen molar-refractivity contribution in [1.29, 1.82) is 0 Å². The van der Waals surface area contributed by atoms with Gasteiger partial charge in [0.15, 0.2) is 0 Å². The Balaban J connectivity index is 1.80. The lowest BCUT2D eigenvalue weighted by Gasteiger charge is -2.58. The highest BCUT2D eigenvalue weighted by Gasteiger charge is 2.62. The van der Waals surface area contributed by atoms with Crippen molar-refractivity contribution in [2.45, 2.75) is 58.0 Å². The Hall–Kier alpha value is -0.820. The summed E-state index contributed by atoms with van der Waals surface area (Å²) < 4.78 is 0. The summed E-state index contributed by atoms with van der Waals surface area (Å²) >= 11 is 0. The molecular weight excluding hydrogens is 244 g/mol. The maximum atomic E-state index is 11.5. The van der Waals surface area contributed by atoms with E-state index in [0.717, 1.165) is 12.8 Å². The van der Waals surface area contributed by atoms with Gasteiger partial charge in [0, 0.05) is 5.41 Å². The average molecular weight is 270 g/mol. The second-order valence-corrected chi connectivity index (χ2v) is 7.99. The van der Waals surface area contributed by atoms with Crippen LogP contribution in [0.4, 0.5) is 0 Å². The molecule has 0 unspecified atom stereocenters. The SMILES string of the molecule is C[C@@]12CCC[C@]1(O)[C@@H]1CC=C3C=CC=C[C@]3(C)[C@H]1CC2. The lowest BCUT2D eigenvalue weighted by molar-refractivity contribution is -0.159. The Morgan fingerprint density at radius 1 is 1.10 bits per heavy atom. The van der Waals surface area contributed by atoms with E-state index in [1.807, 2.05) is 0 Å². The van der Waals surface area contributed by atoms with Gasteiger partial charge in [-0.05, 0) is 61.3 Å². The quantitative estimate of drug-likeness (QED) is 0.692. The zero-order chi connectivity index (χ0) is 14.0. The van der Waals surface area contributed by atoms with Crippen LogP contribution in [0.3, 0.4) is 0 Å². The van der Waals surface area contributed by atoms with Gasteiger partial charge in [0.25, 0.3) is 0 Å². The van der Waals surface area contributed by atoms with Crippen molar-refractivity contribution in [2.24, 2.45) is 22.7 Å². The van der Waals surface area contributed by atoms with Crippen LogP contribution in [0.15, 0.2) is 36.0 Å². The fourth-order valence-electron chi connectivity index (χ4n) is 5.90. The molecule has 0 aromatic heterocycles. The summed E-state index contributed by atoms with van der Waals surface area (Å²) in [7, 11) is 0. The monoisotopic (exact) mass is 270 g/mol. The van der Waals surface area contributed by atoms with Crippen molar-refractivity contribution in [3.05, 3.63) is 36.0 Å². The average Bonchev–Trinajstić information content (AvgIpc) is 2.74. The van der Waals surface area contributed by atoms with Gasteiger partial charge in [-0.15, -0.1) is 0 Å². The van der Waals surface area contributed by atoms with Crippen LogP contribution in [0, 0.1) is 22.7 Å². The molecule has 5 atom stereocenters. The Kier molecular flexibility index (Phi) is 2.50. The summed E-state index contributed by atoms with van der Waals surface area (Å²) in [5.41, 5.74) is 1.38. The Morgan fingerprint density at radius 2 is 1.95 bits per heavy atom. The van der Waals surface area contributed by atoms with Gasteiger partial charge in [-0.1, -0.05) is 44.2 Å². The molecule has 0 aromatic rings. The highest BCUT2D eigenvalue weighted by Crippen LogP contribution is 2.65. The number of fused-ring (bicyclic) bond motifs is 5. The summed E-state index contributed by atoms with van der Waals surface area (Å²) in [6.07, 6.45) is 18.4. The van der Waals surface area contributed by atoms with Gasteiger partial charge in [-0.2, -0.15) is 0 Å². The molecule has 0 spiro atoms. The topological polar surface area (TPSA) is 20.2 Å². The van der Waals surface area contributed by atoms with Crippen molar-refractivity contribution < 1.29 is 5.11 Å². The molecule has 0 aromatic carbocycles. The van der Waals surface area contributed by atoms with E-state index < -0.39 is 5.60 Å². The minimum atomic E-state index is -0.421. The van der Waals surface area contributed by atoms with Gasteiger partial charge in [-0.3, -0.25) is 0 Å². The van der Waals surface area contributed by atoms with Crippen LogP contribution in [-0.4, -0.2) is 10.7 Å². The first-order valence-corrected chi connectivity index (χ1v) is 8.29. The van der Waals surface area contributed by atoms with Crippen molar-refractivity contribution in [1.82, 2.24) is 0 Å². The standard InChI is InChI=1S/C19H26O/c1-17-10-5-12-19(17,20)16-8-7-14-6-3-4-11-18(14,2)15(16)9-13-17/h3-4,6-7,11,15-16,20H,5,8-10,12-13H2,1-2H3/t15-,16+,17-,18-,19-/m0/s1. The molecule has 2 fully saturated rings. The first kappa shape index (κ1) is 12.9. The molecule has 4 aliphatic rings. The van der Waals surface area contributed by atoms with E-state index in [1.165, 1.54) is 31.3 Å². The molecule has 20 heavy (non-hydrogen) atoms. The predicted octanol–water partition coefficient (Wildman–Crippen LogP) is 4.40. The first-order chi connectivity index (χ1) is 9.50. The third-order valence-electron chi connectivity index (χ3n) is 7.25. The minimum Gasteiger partial charge on any atom is -0.389 e. The van der Waals surface area contributed by atoms with Crippen molar-refractivity contribution in [3.63, 3.8) is 0 Å². The van der Waals surface area contributed by atoms with Crippen LogP contribution >= 0.6 is 0 Å². The second-order valence-electron chi connectivity index (χ2n) is 7.99. The Bertz CT molecular complexity index is 528. The van der Waals surface area contributed by atoms with E-state index in [-0.39, 0.29) is 10.8 Å². The molecule has 2 saturated carbocycles. The van der Waals surface area contributed by atoms with E-state index in [0.29, 0.717) is 11.8 Å². The lowest BCUT2D eigenvalue weighted by atomic mass is 9.48. The van der Waals surface area contributed by atoms with E-state index in [9.17, 15) is 5.11 Å². The Labute approximate surface area is 122 Å². The summed E-state index contributed by atoms with van der Waals surface area (Å²) in [6.45, 7) is 4.73. The molecule has 1 nitrogen and oxygen atoms in total. The summed E-state index contributed by atoms with van der Waals surface area (Å²) in [6, 6.07) is 0. The zero-order valence-corrected chi connectivity index (χ0v) is 12.7. The number of aliphatic hydroxyl groups is 1. The van der Waals surface area contributed by atoms with Gasteiger partial charge in [-0.25, -0.2) is 0 Å². The summed E-state index contributed by atoms with van der Waals surface area (Å²) in [5, 5.41) is 11.5. The van der Waals surface area contributed by atoms with Crippen molar-refractivity contribution in [2.75, 3.05) is 0 Å². The van der Waals surface area contributed by atoms with E-state index >= 15 is 0 Å². The molecule has 1 N–H and O–H groups in total. The smallest absolute Gasteiger partial charge is 0.0735 e. The minimum absolute atomic E-state index is 0.150. The fraction of sp³-hybridized carbons (Fsp3) is 0.684. The predicted molar refractivity (Wildman–Crippen MR) is 82.2 cm³/mol. The Morgan fingerprint density at radius 3 is 2.80 bits per heavy atom. The highest BCUT2D eigenvalue weighted by atomic mass is 16.3. The molecule has 0 bridgehead atoms. The molecular formula is C19H26O. The van der Waals surface area contributed by atoms with Crippen LogP contribution in [0.2, 0.25) is 0 Å². The van der Waals surface area contributed by atoms with E-state index in [2.05, 4.69) is 44.2 Å². The van der Waals surface area contributed by atoms with Gasteiger partial charge < -0.3 is 5.11 Å². The largest absolute Gasteiger partial charge is 0.389 e. The zero-order valence-electron chi connectivity index (χ0n) is 12.7. The van der Waals surface area contributed by atoms with Crippen LogP contribution in [0.25, 0.3) is 0 Å². The number of allylic oxidation sites excluding steroid dienone is 6. The molecule has 0 saturated heterocycles. The maximum absolute atomic E-state index is 11.5. The molecule has 4 aliphatic carbocycles. The van der Waals surface area contributed by atoms with Crippen LogP contribution in [0.1, 0.15) is 52.4 Å². The summed E-state index contributed by atoms with van der Waals surface area (Å²) in [5.74, 6) is 1.06. The van der Waals surface area contributed by atoms with Gasteiger partial charge in [0.2, 0.25) is 0 Å². The number of hydrogen-bond donors (Lipinski definition) is 1. The normalized spacial score (nSPS) is 53.0. The molecule has 0 amide bonds. The van der Waals surface area contributed by atoms with E-state index in [4.69, 9.17) is 0 Å². The number of hydrogen-bond acceptors (Lipinski definition) is 1. The molecule has 4 rings (SSSR count). The van der Waals surface area contributed by atoms with Gasteiger partial charge in [0.05, 0.1) is 5.60 Å². The van der Waals surface area contributed by atoms with Gasteiger partial charge >= 0.3 is 0 Å². The molecule has 1 heteroatoms. The van der Waals surface area contributed by atoms with E-state index in [1.54, 1.807) is 0 Å². The third-order valence-corrected chi connectivity index (χ3v) is 7.25. The third kappa shape index (κ3) is 1.38. The van der Waals surface area contributed by atoms with Crippen molar-refractivity contribution >= 4 is 0 Å². The maximum Gasteiger partial charge on any atom is 0.0735 e. The van der Waals surface area contributed by atoms with Gasteiger partial charge in [0.1, 0.15) is 0 Å². The number of rotatable bonds is 0. The molecule has 0 heterocycles. The lowest BCUT2D eigenvalue weighted by Crippen LogP contribution is -2.58. The van der Waals surface area contributed by atoms with Crippen LogP contribution in [0.5, 0.6) is 0 Å². The summed E-state index contributed by atoms with van der Waals surface area (Å²) in [4.78, 5) is 0. The highest BCUT2D eigenvalue weighted by molar-refractivity contribution is 5.41. The molecule has 0 aliphatic heterocycles. The fourth-order valence-corrected chi connectivity index (χ4v) is 5.90. The van der Waals surface area contributed by atoms with Crippen molar-refractivity contribution in [3.8, 4) is 0 Å². The molecule has 108 valence electrons.